The Morgan fingerprint density at radius 1 is 1.57 bits per heavy atom. The van der Waals surface area contributed by atoms with Crippen LogP contribution >= 0.6 is 22.6 Å². The molecule has 0 fully saturated rings. The average molecular weight is 305 g/mol. The SMILES string of the molecule is NC(CC(=O)O)Cc1cccc(I)c1. The van der Waals surface area contributed by atoms with Crippen LogP contribution in [0.15, 0.2) is 24.3 Å². The fraction of sp³-hybridized carbons (Fsp3) is 0.300. The van der Waals surface area contributed by atoms with E-state index in [1.54, 1.807) is 0 Å². The van der Waals surface area contributed by atoms with Crippen molar-refractivity contribution in [1.29, 1.82) is 0 Å². The summed E-state index contributed by atoms with van der Waals surface area (Å²) in [5.74, 6) is -0.844. The quantitative estimate of drug-likeness (QED) is 0.831. The van der Waals surface area contributed by atoms with Crippen LogP contribution in [0.25, 0.3) is 0 Å². The van der Waals surface area contributed by atoms with E-state index in [4.69, 9.17) is 10.8 Å². The van der Waals surface area contributed by atoms with Crippen LogP contribution < -0.4 is 5.73 Å². The third-order valence-electron chi connectivity index (χ3n) is 1.82. The highest BCUT2D eigenvalue weighted by Gasteiger charge is 2.08. The molecule has 14 heavy (non-hydrogen) atoms. The molecule has 0 aliphatic carbocycles. The van der Waals surface area contributed by atoms with E-state index in [1.165, 1.54) is 0 Å². The first kappa shape index (κ1) is 11.5. The van der Waals surface area contributed by atoms with Gasteiger partial charge in [-0.3, -0.25) is 4.79 Å². The molecule has 0 spiro atoms. The molecule has 0 aromatic heterocycles. The van der Waals surface area contributed by atoms with Gasteiger partial charge >= 0.3 is 5.97 Å². The van der Waals surface area contributed by atoms with E-state index in [0.717, 1.165) is 9.13 Å². The van der Waals surface area contributed by atoms with Gasteiger partial charge in [0.1, 0.15) is 0 Å². The molecule has 76 valence electrons. The first-order valence-electron chi connectivity index (χ1n) is 4.30. The molecule has 3 N–H and O–H groups in total. The number of hydrogen-bond donors (Lipinski definition) is 2. The van der Waals surface area contributed by atoms with E-state index in [2.05, 4.69) is 22.6 Å². The van der Waals surface area contributed by atoms with Crippen LogP contribution in [0.5, 0.6) is 0 Å². The highest BCUT2D eigenvalue weighted by atomic mass is 127. The molecule has 1 aromatic carbocycles. The minimum absolute atomic E-state index is 0.0193. The molecule has 1 aromatic rings. The molecule has 4 heteroatoms. The summed E-state index contributed by atoms with van der Waals surface area (Å²) in [5.41, 5.74) is 6.76. The summed E-state index contributed by atoms with van der Waals surface area (Å²) in [6, 6.07) is 7.62. The summed E-state index contributed by atoms with van der Waals surface area (Å²) in [5, 5.41) is 8.54. The van der Waals surface area contributed by atoms with Gasteiger partial charge in [-0.2, -0.15) is 0 Å². The summed E-state index contributed by atoms with van der Waals surface area (Å²) in [6.45, 7) is 0. The Kier molecular flexibility index (Phi) is 4.34. The number of aliphatic carboxylic acids is 1. The largest absolute Gasteiger partial charge is 0.481 e. The van der Waals surface area contributed by atoms with E-state index in [1.807, 2.05) is 24.3 Å². The normalized spacial score (nSPS) is 12.4. The van der Waals surface area contributed by atoms with Gasteiger partial charge < -0.3 is 10.8 Å². The fourth-order valence-electron chi connectivity index (χ4n) is 1.26. The zero-order valence-electron chi connectivity index (χ0n) is 7.61. The van der Waals surface area contributed by atoms with Gasteiger partial charge in [0.25, 0.3) is 0 Å². The molecule has 3 nitrogen and oxygen atoms in total. The van der Waals surface area contributed by atoms with E-state index in [0.29, 0.717) is 6.42 Å². The highest BCUT2D eigenvalue weighted by molar-refractivity contribution is 14.1. The van der Waals surface area contributed by atoms with Gasteiger partial charge in [-0.15, -0.1) is 0 Å². The van der Waals surface area contributed by atoms with Crippen molar-refractivity contribution in [3.8, 4) is 0 Å². The molecule has 0 aliphatic rings. The number of carboxylic acids is 1. The van der Waals surface area contributed by atoms with E-state index in [9.17, 15) is 4.79 Å². The molecule has 1 unspecified atom stereocenters. The van der Waals surface area contributed by atoms with Crippen LogP contribution in [-0.2, 0) is 11.2 Å². The van der Waals surface area contributed by atoms with Crippen LogP contribution in [0.1, 0.15) is 12.0 Å². The Morgan fingerprint density at radius 3 is 2.86 bits per heavy atom. The average Bonchev–Trinajstić information content (AvgIpc) is 2.01. The minimum atomic E-state index is -0.844. The van der Waals surface area contributed by atoms with E-state index in [-0.39, 0.29) is 12.5 Å². The third kappa shape index (κ3) is 4.06. The zero-order valence-corrected chi connectivity index (χ0v) is 9.77. The third-order valence-corrected chi connectivity index (χ3v) is 2.49. The standard InChI is InChI=1S/C10H12INO2/c11-8-3-1-2-7(4-8)5-9(12)6-10(13)14/h1-4,9H,5-6,12H2,(H,13,14). The molecule has 0 aliphatic heterocycles. The molecule has 0 radical (unpaired) electrons. The topological polar surface area (TPSA) is 63.3 Å². The minimum Gasteiger partial charge on any atom is -0.481 e. The number of rotatable bonds is 4. The Bertz CT molecular complexity index is 328. The molecule has 0 amide bonds. The van der Waals surface area contributed by atoms with Crippen molar-refractivity contribution < 1.29 is 9.90 Å². The van der Waals surface area contributed by atoms with Gasteiger partial charge in [0.15, 0.2) is 0 Å². The van der Waals surface area contributed by atoms with Crippen LogP contribution in [-0.4, -0.2) is 17.1 Å². The fourth-order valence-corrected chi connectivity index (χ4v) is 1.87. The van der Waals surface area contributed by atoms with Crippen molar-refractivity contribution in [2.75, 3.05) is 0 Å². The maximum atomic E-state index is 10.4. The van der Waals surface area contributed by atoms with Gasteiger partial charge in [0, 0.05) is 9.61 Å². The maximum absolute atomic E-state index is 10.4. The second-order valence-corrected chi connectivity index (χ2v) is 4.44. The summed E-state index contributed by atoms with van der Waals surface area (Å²) in [6.07, 6.45) is 0.634. The lowest BCUT2D eigenvalue weighted by Crippen LogP contribution is -2.26. The summed E-state index contributed by atoms with van der Waals surface area (Å²) < 4.78 is 1.14. The van der Waals surface area contributed by atoms with E-state index >= 15 is 0 Å². The van der Waals surface area contributed by atoms with Crippen LogP contribution in [0.2, 0.25) is 0 Å². The van der Waals surface area contributed by atoms with Crippen molar-refractivity contribution >= 4 is 28.6 Å². The lowest BCUT2D eigenvalue weighted by molar-refractivity contribution is -0.137. The van der Waals surface area contributed by atoms with Gasteiger partial charge in [-0.1, -0.05) is 12.1 Å². The van der Waals surface area contributed by atoms with Crippen LogP contribution in [0, 0.1) is 3.57 Å². The number of carboxylic acid groups (broad SMARTS) is 1. The van der Waals surface area contributed by atoms with Crippen molar-refractivity contribution in [2.24, 2.45) is 5.73 Å². The first-order valence-corrected chi connectivity index (χ1v) is 5.37. The second-order valence-electron chi connectivity index (χ2n) is 3.19. The molecule has 1 atom stereocenters. The van der Waals surface area contributed by atoms with Crippen LogP contribution in [0.4, 0.5) is 0 Å². The molecule has 1 rings (SSSR count). The van der Waals surface area contributed by atoms with Gasteiger partial charge in [0.2, 0.25) is 0 Å². The summed E-state index contributed by atoms with van der Waals surface area (Å²) in [4.78, 5) is 10.4. The summed E-state index contributed by atoms with van der Waals surface area (Å²) >= 11 is 2.22. The van der Waals surface area contributed by atoms with Crippen molar-refractivity contribution in [3.05, 3.63) is 33.4 Å². The maximum Gasteiger partial charge on any atom is 0.304 e. The number of halogens is 1. The van der Waals surface area contributed by atoms with Gasteiger partial charge in [-0.25, -0.2) is 0 Å². The predicted octanol–water partition coefficient (Wildman–Crippen LogP) is 1.64. The molecular weight excluding hydrogens is 293 g/mol. The Labute approximate surface area is 96.4 Å². The Balaban J connectivity index is 2.55. The number of carbonyl (C=O) groups is 1. The predicted molar refractivity (Wildman–Crippen MR) is 63.1 cm³/mol. The van der Waals surface area contributed by atoms with Crippen molar-refractivity contribution in [1.82, 2.24) is 0 Å². The number of nitrogens with two attached hydrogens (primary N) is 1. The molecule has 0 saturated heterocycles. The lowest BCUT2D eigenvalue weighted by Gasteiger charge is -2.08. The monoisotopic (exact) mass is 305 g/mol. The van der Waals surface area contributed by atoms with Gasteiger partial charge in [-0.05, 0) is 46.7 Å². The number of benzene rings is 1. The van der Waals surface area contributed by atoms with Gasteiger partial charge in [0.05, 0.1) is 6.42 Å². The summed E-state index contributed by atoms with van der Waals surface area (Å²) in [7, 11) is 0. The smallest absolute Gasteiger partial charge is 0.304 e. The van der Waals surface area contributed by atoms with Crippen molar-refractivity contribution in [2.45, 2.75) is 18.9 Å². The molecule has 0 heterocycles. The van der Waals surface area contributed by atoms with Crippen molar-refractivity contribution in [3.63, 3.8) is 0 Å². The zero-order chi connectivity index (χ0) is 10.6. The number of hydrogen-bond acceptors (Lipinski definition) is 2. The Morgan fingerprint density at radius 2 is 2.29 bits per heavy atom. The first-order chi connectivity index (χ1) is 6.58. The molecular formula is C10H12INO2. The molecule has 0 bridgehead atoms. The second kappa shape index (κ2) is 5.31. The molecule has 0 saturated carbocycles. The lowest BCUT2D eigenvalue weighted by atomic mass is 10.0. The Hall–Kier alpha value is -0.620. The van der Waals surface area contributed by atoms with E-state index < -0.39 is 5.97 Å². The van der Waals surface area contributed by atoms with Crippen LogP contribution in [0.3, 0.4) is 0 Å². The highest BCUT2D eigenvalue weighted by Crippen LogP contribution is 2.10.